The van der Waals surface area contributed by atoms with Gasteiger partial charge in [-0.2, -0.15) is 0 Å². The molecule has 2 aromatic rings. The van der Waals surface area contributed by atoms with E-state index in [1.54, 1.807) is 6.92 Å². The quantitative estimate of drug-likeness (QED) is 0.632. The van der Waals surface area contributed by atoms with Crippen LogP contribution in [0.2, 0.25) is 0 Å². The van der Waals surface area contributed by atoms with E-state index in [2.05, 4.69) is 4.98 Å². The third-order valence-electron chi connectivity index (χ3n) is 2.62. The standard InChI is InChI=1S/C11H13ClN2O2S/c1-8(17(15)16)7-14-10-5-3-2-4-9(10)13-11(14)6-12/h2-5,8H,6-7H2,1H3,(H,15,16)/p-1. The van der Waals surface area contributed by atoms with Crippen molar-refractivity contribution in [3.05, 3.63) is 30.1 Å². The molecule has 0 N–H and O–H groups in total. The van der Waals surface area contributed by atoms with Gasteiger partial charge in [-0.15, -0.1) is 11.6 Å². The predicted octanol–water partition coefficient (Wildman–Crippen LogP) is 2.04. The number of halogens is 1. The SMILES string of the molecule is CC(Cn1c(CCl)nc2ccccc21)S(=O)[O-]. The highest BCUT2D eigenvalue weighted by Crippen LogP contribution is 2.18. The average Bonchev–Trinajstić information content (AvgIpc) is 2.67. The van der Waals surface area contributed by atoms with Crippen molar-refractivity contribution in [3.8, 4) is 0 Å². The van der Waals surface area contributed by atoms with E-state index in [1.165, 1.54) is 0 Å². The Morgan fingerprint density at radius 2 is 2.24 bits per heavy atom. The summed E-state index contributed by atoms with van der Waals surface area (Å²) in [6.45, 7) is 2.04. The third kappa shape index (κ3) is 2.51. The predicted molar refractivity (Wildman–Crippen MR) is 67.7 cm³/mol. The summed E-state index contributed by atoms with van der Waals surface area (Å²) in [6, 6.07) is 7.60. The molecule has 0 aliphatic carbocycles. The molecule has 0 aliphatic heterocycles. The lowest BCUT2D eigenvalue weighted by molar-refractivity contribution is 0.513. The van der Waals surface area contributed by atoms with E-state index in [0.717, 1.165) is 11.0 Å². The molecule has 1 aromatic carbocycles. The van der Waals surface area contributed by atoms with E-state index < -0.39 is 16.3 Å². The number of nitrogens with zero attached hydrogens (tertiary/aromatic N) is 2. The molecule has 17 heavy (non-hydrogen) atoms. The van der Waals surface area contributed by atoms with Crippen LogP contribution in [0.5, 0.6) is 0 Å². The average molecular weight is 272 g/mol. The first-order valence-electron chi connectivity index (χ1n) is 5.21. The second-order valence-electron chi connectivity index (χ2n) is 3.83. The summed E-state index contributed by atoms with van der Waals surface area (Å²) < 4.78 is 23.7. The van der Waals surface area contributed by atoms with Crippen LogP contribution in [0.1, 0.15) is 12.7 Å². The molecule has 0 saturated heterocycles. The number of rotatable bonds is 4. The van der Waals surface area contributed by atoms with E-state index in [0.29, 0.717) is 12.4 Å². The molecule has 0 saturated carbocycles. The van der Waals surface area contributed by atoms with Crippen molar-refractivity contribution in [2.24, 2.45) is 0 Å². The maximum atomic E-state index is 10.9. The number of fused-ring (bicyclic) bond motifs is 1. The van der Waals surface area contributed by atoms with Crippen molar-refractivity contribution in [3.63, 3.8) is 0 Å². The second-order valence-corrected chi connectivity index (χ2v) is 5.43. The van der Waals surface area contributed by atoms with Crippen LogP contribution >= 0.6 is 11.6 Å². The van der Waals surface area contributed by atoms with Crippen LogP contribution in [0.3, 0.4) is 0 Å². The van der Waals surface area contributed by atoms with E-state index in [9.17, 15) is 8.76 Å². The normalized spacial score (nSPS) is 15.0. The maximum absolute atomic E-state index is 10.9. The first kappa shape index (κ1) is 12.5. The zero-order valence-corrected chi connectivity index (χ0v) is 10.9. The van der Waals surface area contributed by atoms with Crippen LogP contribution in [-0.2, 0) is 23.5 Å². The van der Waals surface area contributed by atoms with Gasteiger partial charge in [-0.1, -0.05) is 30.1 Å². The zero-order valence-electron chi connectivity index (χ0n) is 9.30. The Kier molecular flexibility index (Phi) is 3.81. The van der Waals surface area contributed by atoms with Crippen molar-refractivity contribution < 1.29 is 8.76 Å². The minimum Gasteiger partial charge on any atom is -0.772 e. The molecule has 0 radical (unpaired) electrons. The zero-order chi connectivity index (χ0) is 12.4. The Balaban J connectivity index is 2.46. The van der Waals surface area contributed by atoms with Gasteiger partial charge in [0.1, 0.15) is 5.82 Å². The van der Waals surface area contributed by atoms with E-state index in [-0.39, 0.29) is 5.88 Å². The summed E-state index contributed by atoms with van der Waals surface area (Å²) in [5.41, 5.74) is 1.76. The fourth-order valence-corrected chi connectivity index (χ4v) is 2.22. The molecule has 92 valence electrons. The van der Waals surface area contributed by atoms with Gasteiger partial charge in [-0.3, -0.25) is 4.21 Å². The number of hydrogen-bond donors (Lipinski definition) is 0. The van der Waals surface area contributed by atoms with Crippen LogP contribution in [0.4, 0.5) is 0 Å². The highest BCUT2D eigenvalue weighted by atomic mass is 35.5. The van der Waals surface area contributed by atoms with Gasteiger partial charge in [-0.05, 0) is 12.1 Å². The number of benzene rings is 1. The highest BCUT2D eigenvalue weighted by Gasteiger charge is 2.12. The topological polar surface area (TPSA) is 58.0 Å². The molecular formula is C11H12ClN2O2S-. The van der Waals surface area contributed by atoms with Crippen LogP contribution in [0.25, 0.3) is 11.0 Å². The highest BCUT2D eigenvalue weighted by molar-refractivity contribution is 7.79. The fourth-order valence-electron chi connectivity index (χ4n) is 1.75. The lowest BCUT2D eigenvalue weighted by atomic mass is 10.3. The number of alkyl halides is 1. The summed E-state index contributed by atoms with van der Waals surface area (Å²) in [7, 11) is 0. The van der Waals surface area contributed by atoms with E-state index in [4.69, 9.17) is 11.6 Å². The summed E-state index contributed by atoms with van der Waals surface area (Å²) in [5.74, 6) is 0.970. The maximum Gasteiger partial charge on any atom is 0.124 e. The molecule has 0 aliphatic rings. The largest absolute Gasteiger partial charge is 0.772 e. The summed E-state index contributed by atoms with van der Waals surface area (Å²) in [5, 5.41) is -0.463. The van der Waals surface area contributed by atoms with Gasteiger partial charge in [0.15, 0.2) is 0 Å². The van der Waals surface area contributed by atoms with Crippen molar-refractivity contribution in [1.82, 2.24) is 9.55 Å². The van der Waals surface area contributed by atoms with Crippen LogP contribution in [-0.4, -0.2) is 23.6 Å². The van der Waals surface area contributed by atoms with Gasteiger partial charge in [0, 0.05) is 11.8 Å². The third-order valence-corrected chi connectivity index (χ3v) is 3.67. The fraction of sp³-hybridized carbons (Fsp3) is 0.364. The van der Waals surface area contributed by atoms with Gasteiger partial charge in [0.2, 0.25) is 0 Å². The summed E-state index contributed by atoms with van der Waals surface area (Å²) in [4.78, 5) is 4.37. The minimum absolute atomic E-state index is 0.271. The van der Waals surface area contributed by atoms with E-state index in [1.807, 2.05) is 28.8 Å². The number of para-hydroxylation sites is 2. The summed E-state index contributed by atoms with van der Waals surface area (Å²) in [6.07, 6.45) is 0. The van der Waals surface area contributed by atoms with Gasteiger partial charge < -0.3 is 9.12 Å². The Morgan fingerprint density at radius 1 is 1.53 bits per heavy atom. The molecule has 0 bridgehead atoms. The lowest BCUT2D eigenvalue weighted by Gasteiger charge is -2.17. The number of hydrogen-bond acceptors (Lipinski definition) is 3. The first-order valence-corrected chi connectivity index (χ1v) is 6.89. The molecule has 2 unspecified atom stereocenters. The molecule has 0 amide bonds. The van der Waals surface area contributed by atoms with Gasteiger partial charge in [-0.25, -0.2) is 4.98 Å². The van der Waals surface area contributed by atoms with Crippen LogP contribution in [0.15, 0.2) is 24.3 Å². The van der Waals surface area contributed by atoms with Crippen molar-refractivity contribution in [1.29, 1.82) is 0 Å². The Labute approximate surface area is 107 Å². The molecular weight excluding hydrogens is 260 g/mol. The minimum atomic E-state index is -2.09. The van der Waals surface area contributed by atoms with Crippen molar-refractivity contribution in [2.75, 3.05) is 0 Å². The van der Waals surface area contributed by atoms with Gasteiger partial charge >= 0.3 is 0 Å². The van der Waals surface area contributed by atoms with Gasteiger partial charge in [0.05, 0.1) is 16.9 Å². The Hall–Kier alpha value is -0.910. The smallest absolute Gasteiger partial charge is 0.124 e. The Morgan fingerprint density at radius 3 is 2.88 bits per heavy atom. The molecule has 1 heterocycles. The molecule has 2 atom stereocenters. The van der Waals surface area contributed by atoms with Crippen molar-refractivity contribution >= 4 is 33.7 Å². The van der Waals surface area contributed by atoms with E-state index >= 15 is 0 Å². The van der Waals surface area contributed by atoms with Crippen LogP contribution < -0.4 is 0 Å². The second kappa shape index (κ2) is 5.16. The first-order chi connectivity index (χ1) is 8.13. The molecule has 0 fully saturated rings. The molecule has 2 rings (SSSR count). The Bertz CT molecular complexity index is 555. The monoisotopic (exact) mass is 271 g/mol. The van der Waals surface area contributed by atoms with Crippen LogP contribution in [0, 0.1) is 0 Å². The number of imidazole rings is 1. The molecule has 6 heteroatoms. The molecule has 1 aromatic heterocycles. The summed E-state index contributed by atoms with van der Waals surface area (Å²) >= 11 is 3.74. The molecule has 0 spiro atoms. The lowest BCUT2D eigenvalue weighted by Crippen LogP contribution is -2.19. The molecule has 4 nitrogen and oxygen atoms in total. The number of aromatic nitrogens is 2. The van der Waals surface area contributed by atoms with Gasteiger partial charge in [0.25, 0.3) is 0 Å². The van der Waals surface area contributed by atoms with Crippen molar-refractivity contribution in [2.45, 2.75) is 24.6 Å².